The van der Waals surface area contributed by atoms with Gasteiger partial charge in [-0.05, 0) is 45.2 Å². The fourth-order valence-electron chi connectivity index (χ4n) is 5.36. The normalized spacial score (nSPS) is 24.9. The summed E-state index contributed by atoms with van der Waals surface area (Å²) >= 11 is 0. The molecule has 31 heavy (non-hydrogen) atoms. The van der Waals surface area contributed by atoms with E-state index < -0.39 is 0 Å². The maximum atomic E-state index is 13.1. The molecule has 0 N–H and O–H groups in total. The number of fused-ring (bicyclic) bond motifs is 1. The van der Waals surface area contributed by atoms with E-state index in [1.165, 1.54) is 0 Å². The number of amides is 1. The molecule has 0 aliphatic carbocycles. The topological polar surface area (TPSA) is 59.7 Å². The van der Waals surface area contributed by atoms with E-state index >= 15 is 0 Å². The molecule has 1 amide bonds. The van der Waals surface area contributed by atoms with Crippen molar-refractivity contribution in [1.29, 1.82) is 0 Å². The molecule has 0 bridgehead atoms. The second-order valence-electron chi connectivity index (χ2n) is 9.18. The predicted octanol–water partition coefficient (Wildman–Crippen LogP) is 2.70. The number of hydrogen-bond acceptors (Lipinski definition) is 4. The molecule has 0 spiro atoms. The van der Waals surface area contributed by atoms with Crippen LogP contribution < -0.4 is 5.69 Å². The summed E-state index contributed by atoms with van der Waals surface area (Å²) in [5, 5.41) is 0. The van der Waals surface area contributed by atoms with Crippen LogP contribution in [0, 0.1) is 0 Å². The fraction of sp³-hybridized carbons (Fsp3) is 0.667. The minimum Gasteiger partial charge on any atom is -0.373 e. The van der Waals surface area contributed by atoms with Gasteiger partial charge in [-0.3, -0.25) is 18.8 Å². The molecular weight excluding hydrogens is 392 g/mol. The van der Waals surface area contributed by atoms with Crippen molar-refractivity contribution in [3.05, 3.63) is 34.7 Å². The number of ether oxygens (including phenoxy) is 1. The highest BCUT2D eigenvalue weighted by Crippen LogP contribution is 2.22. The second kappa shape index (κ2) is 9.57. The molecule has 3 heterocycles. The average molecular weight is 429 g/mol. The molecule has 4 rings (SSSR count). The third kappa shape index (κ3) is 4.72. The van der Waals surface area contributed by atoms with Gasteiger partial charge in [0, 0.05) is 51.7 Å². The smallest absolute Gasteiger partial charge is 0.329 e. The highest BCUT2D eigenvalue weighted by atomic mass is 16.5. The van der Waals surface area contributed by atoms with E-state index in [0.29, 0.717) is 19.5 Å². The molecule has 7 nitrogen and oxygen atoms in total. The van der Waals surface area contributed by atoms with Gasteiger partial charge in [0.25, 0.3) is 0 Å². The molecule has 170 valence electrons. The molecule has 2 aromatic rings. The zero-order valence-electron chi connectivity index (χ0n) is 19.1. The molecule has 1 aromatic carbocycles. The van der Waals surface area contributed by atoms with Gasteiger partial charge in [0.15, 0.2) is 0 Å². The summed E-state index contributed by atoms with van der Waals surface area (Å²) in [7, 11) is 0. The van der Waals surface area contributed by atoms with E-state index in [1.807, 2.05) is 28.8 Å². The highest BCUT2D eigenvalue weighted by Gasteiger charge is 2.32. The number of imidazole rings is 1. The van der Waals surface area contributed by atoms with E-state index in [-0.39, 0.29) is 29.8 Å². The van der Waals surface area contributed by atoms with Crippen molar-refractivity contribution in [2.45, 2.75) is 77.8 Å². The number of para-hydroxylation sites is 2. The minimum atomic E-state index is -0.00915. The first-order valence-corrected chi connectivity index (χ1v) is 11.8. The molecule has 2 fully saturated rings. The number of likely N-dealkylation sites (tertiary alicyclic amines) is 1. The van der Waals surface area contributed by atoms with Crippen LogP contribution in [0.4, 0.5) is 0 Å². The summed E-state index contributed by atoms with van der Waals surface area (Å²) in [6.45, 7) is 11.0. The Labute approximate surface area is 184 Å². The van der Waals surface area contributed by atoms with Crippen LogP contribution in [0.3, 0.4) is 0 Å². The Hall–Kier alpha value is -2.12. The monoisotopic (exact) mass is 428 g/mol. The zero-order chi connectivity index (χ0) is 22.0. The second-order valence-corrected chi connectivity index (χ2v) is 9.18. The molecule has 2 saturated heterocycles. The Balaban J connectivity index is 1.43. The summed E-state index contributed by atoms with van der Waals surface area (Å²) in [6, 6.07) is 8.16. The number of benzene rings is 1. The van der Waals surface area contributed by atoms with Gasteiger partial charge in [-0.15, -0.1) is 0 Å². The van der Waals surface area contributed by atoms with E-state index in [2.05, 4.69) is 30.6 Å². The van der Waals surface area contributed by atoms with Gasteiger partial charge in [0.1, 0.15) is 0 Å². The van der Waals surface area contributed by atoms with Crippen LogP contribution >= 0.6 is 0 Å². The molecule has 7 heteroatoms. The molecule has 3 atom stereocenters. The molecule has 0 radical (unpaired) electrons. The number of rotatable bonds is 7. The third-order valence-electron chi connectivity index (χ3n) is 6.58. The van der Waals surface area contributed by atoms with Crippen molar-refractivity contribution >= 4 is 16.9 Å². The van der Waals surface area contributed by atoms with Crippen molar-refractivity contribution in [3.63, 3.8) is 0 Å². The lowest BCUT2D eigenvalue weighted by Crippen LogP contribution is -2.51. The SMILES string of the molecule is CCCn1c(=O)n(CCC(=O)N2CCCC2CN2CC(C)OC(C)C2)c2ccccc21. The van der Waals surface area contributed by atoms with Crippen molar-refractivity contribution < 1.29 is 9.53 Å². The van der Waals surface area contributed by atoms with E-state index in [1.54, 1.807) is 4.57 Å². The number of carbonyl (C=O) groups is 1. The summed E-state index contributed by atoms with van der Waals surface area (Å²) in [4.78, 5) is 30.6. The van der Waals surface area contributed by atoms with Gasteiger partial charge in [0.05, 0.1) is 23.2 Å². The Morgan fingerprint density at radius 1 is 1.06 bits per heavy atom. The summed E-state index contributed by atoms with van der Waals surface area (Å²) in [5.74, 6) is 0.163. The van der Waals surface area contributed by atoms with Crippen LogP contribution in [-0.4, -0.2) is 69.3 Å². The minimum absolute atomic E-state index is 0.00915. The molecule has 0 saturated carbocycles. The fourth-order valence-corrected chi connectivity index (χ4v) is 5.36. The van der Waals surface area contributed by atoms with Crippen LogP contribution in [0.25, 0.3) is 11.0 Å². The largest absolute Gasteiger partial charge is 0.373 e. The van der Waals surface area contributed by atoms with Crippen molar-refractivity contribution in [3.8, 4) is 0 Å². The van der Waals surface area contributed by atoms with Crippen LogP contribution in [-0.2, 0) is 22.6 Å². The lowest BCUT2D eigenvalue weighted by atomic mass is 10.1. The van der Waals surface area contributed by atoms with Gasteiger partial charge in [-0.1, -0.05) is 19.1 Å². The van der Waals surface area contributed by atoms with Gasteiger partial charge in [-0.25, -0.2) is 4.79 Å². The number of carbonyl (C=O) groups excluding carboxylic acids is 1. The Morgan fingerprint density at radius 2 is 1.71 bits per heavy atom. The van der Waals surface area contributed by atoms with Gasteiger partial charge in [0.2, 0.25) is 5.91 Å². The van der Waals surface area contributed by atoms with Crippen LogP contribution in [0.15, 0.2) is 29.1 Å². The van der Waals surface area contributed by atoms with E-state index in [9.17, 15) is 9.59 Å². The van der Waals surface area contributed by atoms with Crippen molar-refractivity contribution in [2.75, 3.05) is 26.2 Å². The predicted molar refractivity (Wildman–Crippen MR) is 122 cm³/mol. The first kappa shape index (κ1) is 22.1. The number of aryl methyl sites for hydroxylation is 2. The third-order valence-corrected chi connectivity index (χ3v) is 6.58. The average Bonchev–Trinajstić information content (AvgIpc) is 3.29. The number of hydrogen-bond donors (Lipinski definition) is 0. The maximum Gasteiger partial charge on any atom is 0.329 e. The standard InChI is InChI=1S/C24H36N4O3/c1-4-12-27-21-9-5-6-10-22(21)28(24(27)30)14-11-23(29)26-13-7-8-20(26)17-25-15-18(2)31-19(3)16-25/h5-6,9-10,18-20H,4,7-8,11-17H2,1-3H3. The van der Waals surface area contributed by atoms with Crippen LogP contribution in [0.1, 0.15) is 46.5 Å². The van der Waals surface area contributed by atoms with E-state index in [4.69, 9.17) is 4.74 Å². The van der Waals surface area contributed by atoms with Crippen LogP contribution in [0.5, 0.6) is 0 Å². The Bertz CT molecular complexity index is 955. The Morgan fingerprint density at radius 3 is 2.35 bits per heavy atom. The van der Waals surface area contributed by atoms with E-state index in [0.717, 1.165) is 56.5 Å². The van der Waals surface area contributed by atoms with Gasteiger partial charge in [-0.2, -0.15) is 0 Å². The summed E-state index contributed by atoms with van der Waals surface area (Å²) in [5.41, 5.74) is 1.87. The number of morpholine rings is 1. The lowest BCUT2D eigenvalue weighted by Gasteiger charge is -2.38. The number of nitrogens with zero attached hydrogens (tertiary/aromatic N) is 4. The molecule has 3 unspecified atom stereocenters. The van der Waals surface area contributed by atoms with Crippen LogP contribution in [0.2, 0.25) is 0 Å². The first-order valence-electron chi connectivity index (χ1n) is 11.8. The van der Waals surface area contributed by atoms with Gasteiger partial charge < -0.3 is 9.64 Å². The maximum absolute atomic E-state index is 13.1. The first-order chi connectivity index (χ1) is 15.0. The highest BCUT2D eigenvalue weighted by molar-refractivity contribution is 5.78. The quantitative estimate of drug-likeness (QED) is 0.680. The summed E-state index contributed by atoms with van der Waals surface area (Å²) < 4.78 is 9.46. The molecular formula is C24H36N4O3. The summed E-state index contributed by atoms with van der Waals surface area (Å²) in [6.07, 6.45) is 3.86. The molecule has 2 aliphatic rings. The van der Waals surface area contributed by atoms with Gasteiger partial charge >= 0.3 is 5.69 Å². The molecule has 1 aromatic heterocycles. The molecule has 2 aliphatic heterocycles. The zero-order valence-corrected chi connectivity index (χ0v) is 19.1. The van der Waals surface area contributed by atoms with Crippen molar-refractivity contribution in [1.82, 2.24) is 18.9 Å². The Kier molecular flexibility index (Phi) is 6.82. The number of aromatic nitrogens is 2. The lowest BCUT2D eigenvalue weighted by molar-refractivity contribution is -0.133. The van der Waals surface area contributed by atoms with Crippen molar-refractivity contribution in [2.24, 2.45) is 0 Å².